The first kappa shape index (κ1) is 21.4. The number of pyridine rings is 1. The van der Waals surface area contributed by atoms with Crippen LogP contribution in [0.4, 0.5) is 16.2 Å². The molecule has 0 unspecified atom stereocenters. The summed E-state index contributed by atoms with van der Waals surface area (Å²) in [6.07, 6.45) is 3.20. The Balaban J connectivity index is 1.69. The van der Waals surface area contributed by atoms with Gasteiger partial charge in [-0.1, -0.05) is 30.7 Å². The minimum atomic E-state index is -1.12. The number of hydrogen-bond donors (Lipinski definition) is 2. The van der Waals surface area contributed by atoms with Gasteiger partial charge in [-0.3, -0.25) is 14.5 Å². The molecule has 0 saturated heterocycles. The molecule has 2 heterocycles. The smallest absolute Gasteiger partial charge is 0.409 e. The predicted octanol–water partition coefficient (Wildman–Crippen LogP) is 5.80. The van der Waals surface area contributed by atoms with Crippen LogP contribution in [0, 0.1) is 0 Å². The second-order valence-electron chi connectivity index (χ2n) is 7.23. The molecule has 2 N–H and O–H groups in total. The van der Waals surface area contributed by atoms with Crippen molar-refractivity contribution in [2.75, 3.05) is 16.8 Å². The average molecular weight is 449 g/mol. The maximum atomic E-state index is 13.4. The van der Waals surface area contributed by atoms with E-state index in [1.165, 1.54) is 0 Å². The number of carboxylic acid groups (broad SMARTS) is 1. The first-order valence-corrected chi connectivity index (χ1v) is 10.5. The highest BCUT2D eigenvalue weighted by molar-refractivity contribution is 6.30. The molecule has 162 valence electrons. The minimum absolute atomic E-state index is 0.114. The second kappa shape index (κ2) is 9.11. The van der Waals surface area contributed by atoms with Crippen molar-refractivity contribution in [1.29, 1.82) is 0 Å². The van der Waals surface area contributed by atoms with E-state index in [1.54, 1.807) is 59.8 Å². The van der Waals surface area contributed by atoms with Crippen LogP contribution >= 0.6 is 11.6 Å². The highest BCUT2D eigenvalue weighted by Gasteiger charge is 2.18. The molecular weight excluding hydrogens is 428 g/mol. The molecule has 0 radical (unpaired) electrons. The molecule has 4 aromatic rings. The lowest BCUT2D eigenvalue weighted by Gasteiger charge is -2.22. The van der Waals surface area contributed by atoms with Crippen LogP contribution in [-0.2, 0) is 0 Å². The summed E-state index contributed by atoms with van der Waals surface area (Å²) in [5.74, 6) is -0.114. The highest BCUT2D eigenvalue weighted by Crippen LogP contribution is 2.25. The molecule has 2 aromatic carbocycles. The average Bonchev–Trinajstić information content (AvgIpc) is 3.21. The summed E-state index contributed by atoms with van der Waals surface area (Å²) in [5.41, 5.74) is 4.14. The van der Waals surface area contributed by atoms with E-state index in [-0.39, 0.29) is 5.91 Å². The van der Waals surface area contributed by atoms with Gasteiger partial charge >= 0.3 is 6.09 Å². The van der Waals surface area contributed by atoms with Crippen molar-refractivity contribution in [3.63, 3.8) is 0 Å². The van der Waals surface area contributed by atoms with Crippen molar-refractivity contribution in [2.24, 2.45) is 0 Å². The van der Waals surface area contributed by atoms with Gasteiger partial charge in [-0.15, -0.1) is 0 Å². The largest absolute Gasteiger partial charge is 0.465 e. The van der Waals surface area contributed by atoms with Crippen molar-refractivity contribution in [2.45, 2.75) is 13.3 Å². The van der Waals surface area contributed by atoms with E-state index in [0.717, 1.165) is 23.4 Å². The molecule has 32 heavy (non-hydrogen) atoms. The van der Waals surface area contributed by atoms with Crippen LogP contribution in [0.1, 0.15) is 23.7 Å². The molecule has 7 nitrogen and oxygen atoms in total. The quantitative estimate of drug-likeness (QED) is 0.390. The fourth-order valence-corrected chi connectivity index (χ4v) is 3.64. The molecule has 0 aliphatic carbocycles. The zero-order valence-electron chi connectivity index (χ0n) is 17.3. The monoisotopic (exact) mass is 448 g/mol. The zero-order chi connectivity index (χ0) is 22.7. The zero-order valence-corrected chi connectivity index (χ0v) is 18.1. The summed E-state index contributed by atoms with van der Waals surface area (Å²) in [4.78, 5) is 30.4. The molecule has 0 aliphatic rings. The predicted molar refractivity (Wildman–Crippen MR) is 126 cm³/mol. The lowest BCUT2D eigenvalue weighted by molar-refractivity contribution is 0.0986. The number of halogens is 1. The van der Waals surface area contributed by atoms with Gasteiger partial charge in [0, 0.05) is 34.7 Å². The third kappa shape index (κ3) is 4.43. The van der Waals surface area contributed by atoms with Gasteiger partial charge in [0.1, 0.15) is 5.65 Å². The van der Waals surface area contributed by atoms with Crippen molar-refractivity contribution in [3.8, 4) is 11.3 Å². The molecule has 0 aliphatic heterocycles. The van der Waals surface area contributed by atoms with Crippen molar-refractivity contribution >= 4 is 40.6 Å². The first-order chi connectivity index (χ1) is 15.5. The van der Waals surface area contributed by atoms with E-state index in [2.05, 4.69) is 10.3 Å². The molecule has 0 saturated carbocycles. The van der Waals surface area contributed by atoms with Gasteiger partial charge < -0.3 is 10.0 Å². The summed E-state index contributed by atoms with van der Waals surface area (Å²) < 4.78 is 1.86. The number of benzene rings is 2. The third-order valence-corrected chi connectivity index (χ3v) is 5.27. The van der Waals surface area contributed by atoms with E-state index < -0.39 is 6.09 Å². The molecule has 0 spiro atoms. The van der Waals surface area contributed by atoms with Gasteiger partial charge in [0.15, 0.2) is 0 Å². The fraction of sp³-hybridized carbons (Fsp3) is 0.125. The van der Waals surface area contributed by atoms with Crippen molar-refractivity contribution < 1.29 is 14.7 Å². The number of nitrogens with zero attached hydrogens (tertiary/aromatic N) is 3. The van der Waals surface area contributed by atoms with Crippen molar-refractivity contribution in [1.82, 2.24) is 9.38 Å². The van der Waals surface area contributed by atoms with E-state index >= 15 is 0 Å². The Morgan fingerprint density at radius 1 is 1.06 bits per heavy atom. The molecule has 0 atom stereocenters. The lowest BCUT2D eigenvalue weighted by Crippen LogP contribution is -2.31. The van der Waals surface area contributed by atoms with E-state index in [9.17, 15) is 9.59 Å². The highest BCUT2D eigenvalue weighted by atomic mass is 35.5. The number of imidazole rings is 1. The topological polar surface area (TPSA) is 86.9 Å². The lowest BCUT2D eigenvalue weighted by atomic mass is 10.1. The fourth-order valence-electron chi connectivity index (χ4n) is 3.52. The van der Waals surface area contributed by atoms with Gasteiger partial charge in [0.2, 0.25) is 0 Å². The van der Waals surface area contributed by atoms with Gasteiger partial charge in [0.25, 0.3) is 5.91 Å². The van der Waals surface area contributed by atoms with Crippen LogP contribution in [-0.4, -0.2) is 33.0 Å². The molecule has 2 amide bonds. The van der Waals surface area contributed by atoms with Gasteiger partial charge in [-0.05, 0) is 55.0 Å². The Morgan fingerprint density at radius 3 is 2.44 bits per heavy atom. The van der Waals surface area contributed by atoms with E-state index in [0.29, 0.717) is 28.5 Å². The number of amides is 2. The van der Waals surface area contributed by atoms with Gasteiger partial charge in [-0.25, -0.2) is 9.78 Å². The standard InChI is InChI=1S/C24H21ClN4O3/c1-2-13-28(20-10-6-18(25)7-11-20)23(30)17-5-12-22-26-14-21(29(22)15-17)16-3-8-19(9-4-16)27-24(31)32/h3-12,14-15,27H,2,13H2,1H3,(H,31,32). The molecular formula is C24H21ClN4O3. The number of anilines is 2. The summed E-state index contributed by atoms with van der Waals surface area (Å²) in [6.45, 7) is 2.60. The van der Waals surface area contributed by atoms with Gasteiger partial charge in [-0.2, -0.15) is 0 Å². The van der Waals surface area contributed by atoms with Crippen LogP contribution in [0.2, 0.25) is 5.02 Å². The summed E-state index contributed by atoms with van der Waals surface area (Å²) in [7, 11) is 0. The van der Waals surface area contributed by atoms with Crippen LogP contribution in [0.15, 0.2) is 73.1 Å². The van der Waals surface area contributed by atoms with E-state index in [1.807, 2.05) is 29.5 Å². The Morgan fingerprint density at radius 2 is 1.78 bits per heavy atom. The maximum Gasteiger partial charge on any atom is 0.409 e. The van der Waals surface area contributed by atoms with Gasteiger partial charge in [0.05, 0.1) is 17.5 Å². The van der Waals surface area contributed by atoms with Crippen LogP contribution < -0.4 is 10.2 Å². The second-order valence-corrected chi connectivity index (χ2v) is 7.67. The number of carbonyl (C=O) groups is 2. The first-order valence-electron chi connectivity index (χ1n) is 10.1. The number of hydrogen-bond acceptors (Lipinski definition) is 3. The summed E-state index contributed by atoms with van der Waals surface area (Å²) in [5, 5.41) is 11.8. The summed E-state index contributed by atoms with van der Waals surface area (Å²) in [6, 6.07) is 17.8. The SMILES string of the molecule is CCCN(C(=O)c1ccc2ncc(-c3ccc(NC(=O)O)cc3)n2c1)c1ccc(Cl)cc1. The molecule has 0 bridgehead atoms. The molecule has 8 heteroatoms. The minimum Gasteiger partial charge on any atom is -0.465 e. The Hall–Kier alpha value is -3.84. The Kier molecular flexibility index (Phi) is 6.09. The summed E-state index contributed by atoms with van der Waals surface area (Å²) >= 11 is 6.01. The number of fused-ring (bicyclic) bond motifs is 1. The number of carbonyl (C=O) groups excluding carboxylic acids is 1. The molecule has 4 rings (SSSR count). The Bertz CT molecular complexity index is 1270. The van der Waals surface area contributed by atoms with Crippen LogP contribution in [0.5, 0.6) is 0 Å². The maximum absolute atomic E-state index is 13.4. The van der Waals surface area contributed by atoms with Crippen LogP contribution in [0.3, 0.4) is 0 Å². The third-order valence-electron chi connectivity index (χ3n) is 5.02. The number of rotatable bonds is 6. The number of aromatic nitrogens is 2. The normalized spacial score (nSPS) is 10.8. The molecule has 0 fully saturated rings. The molecule has 2 aromatic heterocycles. The van der Waals surface area contributed by atoms with Crippen molar-refractivity contribution in [3.05, 3.63) is 83.6 Å². The Labute approximate surface area is 189 Å². The van der Waals surface area contributed by atoms with Crippen LogP contribution in [0.25, 0.3) is 16.9 Å². The number of nitrogens with one attached hydrogen (secondary N) is 1. The van der Waals surface area contributed by atoms with E-state index in [4.69, 9.17) is 16.7 Å².